The highest BCUT2D eigenvalue weighted by molar-refractivity contribution is 6.35. The summed E-state index contributed by atoms with van der Waals surface area (Å²) in [5.74, 6) is 2.99. The van der Waals surface area contributed by atoms with Crippen LogP contribution in [-0.2, 0) is 0 Å². The van der Waals surface area contributed by atoms with Gasteiger partial charge in [0, 0.05) is 12.1 Å². The van der Waals surface area contributed by atoms with Gasteiger partial charge in [-0.1, -0.05) is 29.1 Å². The molecule has 0 unspecified atom stereocenters. The monoisotopic (exact) mass is 229 g/mol. The Bertz CT molecular complexity index is 360. The van der Waals surface area contributed by atoms with E-state index in [1.54, 1.807) is 25.2 Å². The van der Waals surface area contributed by atoms with E-state index in [9.17, 15) is 0 Å². The number of terminal acetylenes is 1. The second kappa shape index (κ2) is 5.11. The minimum absolute atomic E-state index is 0.388. The molecule has 0 bridgehead atoms. The lowest BCUT2D eigenvalue weighted by atomic mass is 10.3. The molecule has 0 N–H and O–H groups in total. The van der Waals surface area contributed by atoms with Gasteiger partial charge in [0.15, 0.2) is 5.75 Å². The van der Waals surface area contributed by atoms with Crippen molar-refractivity contribution in [2.45, 2.75) is 0 Å². The first-order valence-corrected chi connectivity index (χ1v) is 4.66. The van der Waals surface area contributed by atoms with Gasteiger partial charge in [0.2, 0.25) is 0 Å². The van der Waals surface area contributed by atoms with Crippen molar-refractivity contribution in [2.75, 3.05) is 13.6 Å². The van der Waals surface area contributed by atoms with E-state index in [-0.39, 0.29) is 0 Å². The number of halogens is 2. The normalized spacial score (nSPS) is 9.93. The molecule has 0 aliphatic rings. The van der Waals surface area contributed by atoms with E-state index < -0.39 is 0 Å². The zero-order chi connectivity index (χ0) is 10.6. The van der Waals surface area contributed by atoms with Gasteiger partial charge >= 0.3 is 0 Å². The van der Waals surface area contributed by atoms with E-state index in [4.69, 9.17) is 34.5 Å². The topological polar surface area (TPSA) is 12.5 Å². The number of nitrogens with zero attached hydrogens (tertiary/aromatic N) is 1. The fourth-order valence-corrected chi connectivity index (χ4v) is 1.32. The van der Waals surface area contributed by atoms with E-state index >= 15 is 0 Å². The first kappa shape index (κ1) is 11.2. The van der Waals surface area contributed by atoms with E-state index in [0.717, 1.165) is 0 Å². The molecule has 0 aliphatic carbocycles. The zero-order valence-electron chi connectivity index (χ0n) is 7.63. The van der Waals surface area contributed by atoms with Crippen LogP contribution in [0.1, 0.15) is 0 Å². The van der Waals surface area contributed by atoms with Crippen LogP contribution >= 0.6 is 23.2 Å². The molecule has 0 saturated carbocycles. The molecule has 0 saturated heterocycles. The average Bonchev–Trinajstić information content (AvgIpc) is 2.10. The van der Waals surface area contributed by atoms with Crippen molar-refractivity contribution < 1.29 is 4.84 Å². The van der Waals surface area contributed by atoms with Crippen LogP contribution in [0.15, 0.2) is 18.2 Å². The predicted molar refractivity (Wildman–Crippen MR) is 58.6 cm³/mol. The minimum atomic E-state index is 0.388. The zero-order valence-corrected chi connectivity index (χ0v) is 9.14. The number of rotatable bonds is 3. The van der Waals surface area contributed by atoms with Crippen LogP contribution in [0.2, 0.25) is 10.0 Å². The summed E-state index contributed by atoms with van der Waals surface area (Å²) >= 11 is 11.6. The highest BCUT2D eigenvalue weighted by atomic mass is 35.5. The van der Waals surface area contributed by atoms with Gasteiger partial charge in [-0.15, -0.1) is 11.5 Å². The Labute approximate surface area is 93.3 Å². The van der Waals surface area contributed by atoms with Crippen LogP contribution in [0, 0.1) is 12.3 Å². The van der Waals surface area contributed by atoms with Gasteiger partial charge in [-0.25, -0.2) is 0 Å². The molecule has 14 heavy (non-hydrogen) atoms. The van der Waals surface area contributed by atoms with Crippen LogP contribution in [0.25, 0.3) is 0 Å². The Hall–Kier alpha value is -0.880. The number of hydroxylamine groups is 2. The lowest BCUT2D eigenvalue weighted by Crippen LogP contribution is -2.22. The summed E-state index contributed by atoms with van der Waals surface area (Å²) in [6.07, 6.45) is 5.12. The summed E-state index contributed by atoms with van der Waals surface area (Å²) in [5.41, 5.74) is 0. The standard InChI is InChI=1S/C10H9Cl2NO/c1-3-6-13(2)14-10-5-4-8(11)7-9(10)12/h1,4-5,7H,6H2,2H3. The summed E-state index contributed by atoms with van der Waals surface area (Å²) in [7, 11) is 1.73. The van der Waals surface area contributed by atoms with Gasteiger partial charge in [-0.3, -0.25) is 0 Å². The fourth-order valence-electron chi connectivity index (χ4n) is 0.878. The maximum absolute atomic E-state index is 5.89. The molecule has 1 rings (SSSR count). The first-order chi connectivity index (χ1) is 6.63. The smallest absolute Gasteiger partial charge is 0.166 e. The quantitative estimate of drug-likeness (QED) is 0.584. The Morgan fingerprint density at radius 3 is 2.79 bits per heavy atom. The molecule has 74 valence electrons. The highest BCUT2D eigenvalue weighted by Gasteiger charge is 2.04. The van der Waals surface area contributed by atoms with Crippen molar-refractivity contribution in [1.29, 1.82) is 0 Å². The molecule has 4 heteroatoms. The number of benzene rings is 1. The Balaban J connectivity index is 2.73. The SMILES string of the molecule is C#CCN(C)Oc1ccc(Cl)cc1Cl. The molecule has 1 aromatic carbocycles. The van der Waals surface area contributed by atoms with Crippen LogP contribution in [0.4, 0.5) is 0 Å². The van der Waals surface area contributed by atoms with Crippen molar-refractivity contribution in [3.05, 3.63) is 28.2 Å². The van der Waals surface area contributed by atoms with E-state index in [1.165, 1.54) is 5.06 Å². The van der Waals surface area contributed by atoms with Gasteiger partial charge in [-0.05, 0) is 18.2 Å². The number of hydrogen-bond acceptors (Lipinski definition) is 2. The third kappa shape index (κ3) is 3.12. The molecule has 0 atom stereocenters. The lowest BCUT2D eigenvalue weighted by molar-refractivity contribution is -0.0176. The van der Waals surface area contributed by atoms with Crippen molar-refractivity contribution >= 4 is 23.2 Å². The van der Waals surface area contributed by atoms with Crippen molar-refractivity contribution in [1.82, 2.24) is 5.06 Å². The van der Waals surface area contributed by atoms with Gasteiger partial charge in [0.25, 0.3) is 0 Å². The fraction of sp³-hybridized carbons (Fsp3) is 0.200. The van der Waals surface area contributed by atoms with Gasteiger partial charge < -0.3 is 4.84 Å². The highest BCUT2D eigenvalue weighted by Crippen LogP contribution is 2.27. The molecule has 0 heterocycles. The molecule has 0 spiro atoms. The van der Waals surface area contributed by atoms with Crippen molar-refractivity contribution in [3.63, 3.8) is 0 Å². The maximum Gasteiger partial charge on any atom is 0.166 e. The van der Waals surface area contributed by atoms with Gasteiger partial charge in [0.05, 0.1) is 11.6 Å². The number of hydrogen-bond donors (Lipinski definition) is 0. The third-order valence-electron chi connectivity index (χ3n) is 1.46. The lowest BCUT2D eigenvalue weighted by Gasteiger charge is -2.15. The Morgan fingerprint density at radius 2 is 2.21 bits per heavy atom. The van der Waals surface area contributed by atoms with Crippen molar-refractivity contribution in [3.8, 4) is 18.1 Å². The first-order valence-electron chi connectivity index (χ1n) is 3.91. The maximum atomic E-state index is 5.89. The van der Waals surface area contributed by atoms with Crippen LogP contribution in [0.5, 0.6) is 5.75 Å². The predicted octanol–water partition coefficient (Wildman–Crippen LogP) is 2.85. The Morgan fingerprint density at radius 1 is 1.50 bits per heavy atom. The molecule has 0 amide bonds. The van der Waals surface area contributed by atoms with Crippen LogP contribution < -0.4 is 4.84 Å². The molecular weight excluding hydrogens is 221 g/mol. The molecule has 0 aliphatic heterocycles. The average molecular weight is 230 g/mol. The minimum Gasteiger partial charge on any atom is -0.404 e. The summed E-state index contributed by atoms with van der Waals surface area (Å²) in [6, 6.07) is 5.01. The largest absolute Gasteiger partial charge is 0.404 e. The van der Waals surface area contributed by atoms with Crippen LogP contribution in [0.3, 0.4) is 0 Å². The molecule has 0 fully saturated rings. The van der Waals surface area contributed by atoms with Crippen molar-refractivity contribution in [2.24, 2.45) is 0 Å². The summed E-state index contributed by atoms with van der Waals surface area (Å²) in [6.45, 7) is 0.388. The summed E-state index contributed by atoms with van der Waals surface area (Å²) < 4.78 is 0. The van der Waals surface area contributed by atoms with Gasteiger partial charge in [-0.2, -0.15) is 0 Å². The molecule has 1 aromatic rings. The summed E-state index contributed by atoms with van der Waals surface area (Å²) in [5, 5.41) is 2.54. The van der Waals surface area contributed by atoms with E-state index in [2.05, 4.69) is 5.92 Å². The third-order valence-corrected chi connectivity index (χ3v) is 1.99. The molecule has 0 aromatic heterocycles. The van der Waals surface area contributed by atoms with Crippen LogP contribution in [-0.4, -0.2) is 18.7 Å². The second-order valence-corrected chi connectivity index (χ2v) is 3.50. The molecular formula is C10H9Cl2NO. The van der Waals surface area contributed by atoms with E-state index in [1.807, 2.05) is 0 Å². The Kier molecular flexibility index (Phi) is 4.09. The summed E-state index contributed by atoms with van der Waals surface area (Å²) in [4.78, 5) is 5.34. The molecule has 2 nitrogen and oxygen atoms in total. The van der Waals surface area contributed by atoms with Gasteiger partial charge in [0.1, 0.15) is 0 Å². The van der Waals surface area contributed by atoms with E-state index in [0.29, 0.717) is 22.3 Å². The second-order valence-electron chi connectivity index (χ2n) is 2.66. The molecule has 0 radical (unpaired) electrons.